The highest BCUT2D eigenvalue weighted by Gasteiger charge is 2.10. The summed E-state index contributed by atoms with van der Waals surface area (Å²) in [6.45, 7) is 5.25. The molecule has 0 aromatic rings. The van der Waals surface area contributed by atoms with Crippen molar-refractivity contribution in [2.75, 3.05) is 46.4 Å². The van der Waals surface area contributed by atoms with E-state index < -0.39 is 6.03 Å². The topological polar surface area (TPSA) is 56.6 Å². The van der Waals surface area contributed by atoms with Gasteiger partial charge >= 0.3 is 6.03 Å². The van der Waals surface area contributed by atoms with E-state index in [1.54, 1.807) is 7.05 Å². The molecule has 1 heterocycles. The summed E-state index contributed by atoms with van der Waals surface area (Å²) in [5.41, 5.74) is 6.86. The SMILES string of the molecule is CN(CCCN1CCOCC1)C([NH])=O. The molecule has 0 atom stereocenters. The lowest BCUT2D eigenvalue weighted by atomic mass is 10.3. The first-order valence-electron chi connectivity index (χ1n) is 4.97. The molecule has 2 amide bonds. The van der Waals surface area contributed by atoms with Crippen molar-refractivity contribution in [2.45, 2.75) is 6.42 Å². The Labute approximate surface area is 84.8 Å². The van der Waals surface area contributed by atoms with Crippen LogP contribution in [0.5, 0.6) is 0 Å². The minimum absolute atomic E-state index is 0.605. The number of carbonyl (C=O) groups excluding carboxylic acids is 1. The van der Waals surface area contributed by atoms with E-state index in [0.29, 0.717) is 6.54 Å². The van der Waals surface area contributed by atoms with Crippen molar-refractivity contribution in [2.24, 2.45) is 0 Å². The number of nitrogens with one attached hydrogen (secondary N) is 1. The van der Waals surface area contributed by atoms with Crippen LogP contribution in [0.25, 0.3) is 0 Å². The van der Waals surface area contributed by atoms with Gasteiger partial charge in [-0.2, -0.15) is 0 Å². The summed E-state index contributed by atoms with van der Waals surface area (Å²) in [4.78, 5) is 14.3. The molecule has 1 rings (SSSR count). The third-order valence-electron chi connectivity index (χ3n) is 2.42. The number of hydrogen-bond donors (Lipinski definition) is 0. The van der Waals surface area contributed by atoms with Crippen LogP contribution in [0.4, 0.5) is 4.79 Å². The first kappa shape index (κ1) is 11.3. The smallest absolute Gasteiger partial charge is 0.335 e. The normalized spacial score (nSPS) is 18.1. The summed E-state index contributed by atoms with van der Waals surface area (Å²) < 4.78 is 5.23. The van der Waals surface area contributed by atoms with Gasteiger partial charge in [-0.1, -0.05) is 0 Å². The second-order valence-corrected chi connectivity index (χ2v) is 3.53. The number of ether oxygens (including phenoxy) is 1. The summed E-state index contributed by atoms with van der Waals surface area (Å²) in [5.74, 6) is 0. The summed E-state index contributed by atoms with van der Waals surface area (Å²) in [5, 5.41) is 0. The summed E-state index contributed by atoms with van der Waals surface area (Å²) in [6.07, 6.45) is 0.932. The molecule has 81 valence electrons. The molecule has 14 heavy (non-hydrogen) atoms. The van der Waals surface area contributed by atoms with Gasteiger partial charge in [-0.05, 0) is 6.42 Å². The summed E-state index contributed by atoms with van der Waals surface area (Å²) >= 11 is 0. The average molecular weight is 200 g/mol. The molecule has 0 aliphatic carbocycles. The van der Waals surface area contributed by atoms with Crippen molar-refractivity contribution in [3.05, 3.63) is 0 Å². The van der Waals surface area contributed by atoms with Gasteiger partial charge in [0.15, 0.2) is 0 Å². The maximum atomic E-state index is 10.6. The predicted molar refractivity (Wildman–Crippen MR) is 53.0 cm³/mol. The van der Waals surface area contributed by atoms with Gasteiger partial charge in [0.25, 0.3) is 0 Å². The van der Waals surface area contributed by atoms with Crippen LogP contribution in [-0.2, 0) is 4.74 Å². The first-order valence-corrected chi connectivity index (χ1v) is 4.97. The lowest BCUT2D eigenvalue weighted by molar-refractivity contribution is 0.0367. The Bertz CT molecular complexity index is 181. The van der Waals surface area contributed by atoms with Crippen LogP contribution in [0.1, 0.15) is 6.42 Å². The van der Waals surface area contributed by atoms with E-state index >= 15 is 0 Å². The Morgan fingerprint density at radius 3 is 2.71 bits per heavy atom. The minimum atomic E-state index is -0.605. The summed E-state index contributed by atoms with van der Waals surface area (Å²) in [6, 6.07) is -0.605. The fourth-order valence-corrected chi connectivity index (χ4v) is 1.46. The zero-order valence-electron chi connectivity index (χ0n) is 8.66. The lowest BCUT2D eigenvalue weighted by Gasteiger charge is -2.27. The maximum Gasteiger partial charge on any atom is 0.335 e. The molecule has 5 heteroatoms. The van der Waals surface area contributed by atoms with Crippen LogP contribution >= 0.6 is 0 Å². The average Bonchev–Trinajstić information content (AvgIpc) is 2.19. The van der Waals surface area contributed by atoms with E-state index in [4.69, 9.17) is 10.5 Å². The molecule has 0 unspecified atom stereocenters. The molecule has 5 nitrogen and oxygen atoms in total. The molecular weight excluding hydrogens is 182 g/mol. The second-order valence-electron chi connectivity index (χ2n) is 3.53. The van der Waals surface area contributed by atoms with E-state index in [-0.39, 0.29) is 0 Å². The number of morpholine rings is 1. The van der Waals surface area contributed by atoms with Gasteiger partial charge in [0.05, 0.1) is 13.2 Å². The van der Waals surface area contributed by atoms with Gasteiger partial charge in [0, 0.05) is 33.2 Å². The molecule has 0 aromatic carbocycles. The maximum absolute atomic E-state index is 10.6. The third-order valence-corrected chi connectivity index (χ3v) is 2.42. The first-order chi connectivity index (χ1) is 6.70. The molecule has 0 aromatic heterocycles. The molecule has 1 aliphatic heterocycles. The number of rotatable bonds is 4. The van der Waals surface area contributed by atoms with Crippen molar-refractivity contribution < 1.29 is 9.53 Å². The van der Waals surface area contributed by atoms with E-state index in [2.05, 4.69) is 4.90 Å². The highest BCUT2D eigenvalue weighted by molar-refractivity contribution is 5.70. The van der Waals surface area contributed by atoms with Crippen molar-refractivity contribution in [1.29, 1.82) is 0 Å². The third kappa shape index (κ3) is 3.93. The Morgan fingerprint density at radius 1 is 1.50 bits per heavy atom. The van der Waals surface area contributed by atoms with Gasteiger partial charge in [-0.3, -0.25) is 4.90 Å². The molecule has 1 radical (unpaired) electrons. The van der Waals surface area contributed by atoms with Gasteiger partial charge in [-0.15, -0.1) is 0 Å². The molecule has 1 N–H and O–H groups in total. The standard InChI is InChI=1S/C9H18N3O2/c1-11(9(10)13)3-2-4-12-5-7-14-8-6-12/h10H,2-8H2,1H3. The second kappa shape index (κ2) is 5.82. The van der Waals surface area contributed by atoms with Crippen LogP contribution in [0.2, 0.25) is 0 Å². The fraction of sp³-hybridized carbons (Fsp3) is 0.889. The molecule has 0 saturated carbocycles. The van der Waals surface area contributed by atoms with E-state index in [0.717, 1.165) is 39.3 Å². The quantitative estimate of drug-likeness (QED) is 0.644. The monoisotopic (exact) mass is 200 g/mol. The molecule has 1 aliphatic rings. The van der Waals surface area contributed by atoms with Crippen LogP contribution in [0, 0.1) is 0 Å². The molecule has 0 bridgehead atoms. The van der Waals surface area contributed by atoms with Crippen LogP contribution < -0.4 is 5.73 Å². The van der Waals surface area contributed by atoms with Gasteiger partial charge in [-0.25, -0.2) is 10.5 Å². The van der Waals surface area contributed by atoms with Gasteiger partial charge in [0.1, 0.15) is 0 Å². The zero-order chi connectivity index (χ0) is 10.4. The van der Waals surface area contributed by atoms with Crippen LogP contribution in [-0.4, -0.2) is 62.3 Å². The molecule has 0 spiro atoms. The summed E-state index contributed by atoms with van der Waals surface area (Å²) in [7, 11) is 1.66. The van der Waals surface area contributed by atoms with Gasteiger partial charge < -0.3 is 9.64 Å². The number of nitrogens with zero attached hydrogens (tertiary/aromatic N) is 2. The number of amides is 2. The van der Waals surface area contributed by atoms with Crippen molar-refractivity contribution in [3.63, 3.8) is 0 Å². The van der Waals surface area contributed by atoms with E-state index in [1.165, 1.54) is 4.90 Å². The largest absolute Gasteiger partial charge is 0.379 e. The molecule has 1 saturated heterocycles. The number of hydrogen-bond acceptors (Lipinski definition) is 3. The van der Waals surface area contributed by atoms with E-state index in [9.17, 15) is 4.79 Å². The van der Waals surface area contributed by atoms with Crippen LogP contribution in [0.15, 0.2) is 0 Å². The number of carbonyl (C=O) groups is 1. The Hall–Kier alpha value is -0.810. The Balaban J connectivity index is 2.05. The van der Waals surface area contributed by atoms with Crippen LogP contribution in [0.3, 0.4) is 0 Å². The van der Waals surface area contributed by atoms with Crippen molar-refractivity contribution in [1.82, 2.24) is 15.5 Å². The Morgan fingerprint density at radius 2 is 2.14 bits per heavy atom. The number of urea groups is 1. The minimum Gasteiger partial charge on any atom is -0.379 e. The van der Waals surface area contributed by atoms with Crippen molar-refractivity contribution >= 4 is 6.03 Å². The highest BCUT2D eigenvalue weighted by Crippen LogP contribution is 1.98. The lowest BCUT2D eigenvalue weighted by Crippen LogP contribution is -2.38. The zero-order valence-corrected chi connectivity index (χ0v) is 8.66. The highest BCUT2D eigenvalue weighted by atomic mass is 16.5. The predicted octanol–water partition coefficient (Wildman–Crippen LogP) is 0.0434. The fourth-order valence-electron chi connectivity index (χ4n) is 1.46. The molecule has 1 fully saturated rings. The molecular formula is C9H18N3O2. The van der Waals surface area contributed by atoms with Crippen molar-refractivity contribution in [3.8, 4) is 0 Å². The van der Waals surface area contributed by atoms with E-state index in [1.807, 2.05) is 0 Å². The Kier molecular flexibility index (Phi) is 4.69. The van der Waals surface area contributed by atoms with Gasteiger partial charge in [0.2, 0.25) is 0 Å².